The molecule has 2 N–H and O–H groups in total. The normalized spacial score (nSPS) is 22.8. The molecule has 0 spiro atoms. The Labute approximate surface area is 134 Å². The summed E-state index contributed by atoms with van der Waals surface area (Å²) in [5.41, 5.74) is 5.86. The Morgan fingerprint density at radius 1 is 1.17 bits per heavy atom. The molecule has 1 aliphatic carbocycles. The number of allylic oxidation sites excluding steroid dienone is 4. The Morgan fingerprint density at radius 2 is 1.96 bits per heavy atom. The summed E-state index contributed by atoms with van der Waals surface area (Å²) in [6.45, 7) is 4.06. The van der Waals surface area contributed by atoms with Crippen LogP contribution in [0.15, 0.2) is 65.8 Å². The lowest BCUT2D eigenvalue weighted by Gasteiger charge is -2.34. The van der Waals surface area contributed by atoms with Gasteiger partial charge in [-0.25, -0.2) is 9.78 Å². The first-order valence-corrected chi connectivity index (χ1v) is 7.49. The number of rotatable bonds is 4. The van der Waals surface area contributed by atoms with Crippen molar-refractivity contribution in [1.29, 1.82) is 0 Å². The fourth-order valence-corrected chi connectivity index (χ4v) is 2.50. The lowest BCUT2D eigenvalue weighted by atomic mass is 9.83. The molecule has 6 nitrogen and oxygen atoms in total. The van der Waals surface area contributed by atoms with Gasteiger partial charge in [0.2, 0.25) is 5.95 Å². The molecule has 1 aromatic heterocycles. The molecule has 1 aliphatic rings. The predicted octanol–water partition coefficient (Wildman–Crippen LogP) is 2.55. The van der Waals surface area contributed by atoms with E-state index in [1.807, 2.05) is 55.5 Å². The second-order valence-corrected chi connectivity index (χ2v) is 5.71. The minimum absolute atomic E-state index is 0.176. The molecule has 0 radical (unpaired) electrons. The molecule has 0 fully saturated rings. The third-order valence-electron chi connectivity index (χ3n) is 4.18. The molecule has 2 atom stereocenters. The number of aromatic nitrogens is 3. The van der Waals surface area contributed by atoms with Gasteiger partial charge in [-0.15, -0.1) is 0 Å². The molecular formula is C17H19N5O. The van der Waals surface area contributed by atoms with Gasteiger partial charge in [-0.05, 0) is 19.1 Å². The number of anilines is 2. The van der Waals surface area contributed by atoms with Crippen LogP contribution in [0, 0.1) is 5.92 Å². The number of hydrogen-bond acceptors (Lipinski definition) is 5. The van der Waals surface area contributed by atoms with E-state index in [1.54, 1.807) is 4.57 Å². The topological polar surface area (TPSA) is 71.8 Å². The van der Waals surface area contributed by atoms with Crippen LogP contribution in [0.2, 0.25) is 0 Å². The second-order valence-electron chi connectivity index (χ2n) is 5.71. The van der Waals surface area contributed by atoms with Crippen LogP contribution in [0.5, 0.6) is 0 Å². The molecular weight excluding hydrogens is 290 g/mol. The van der Waals surface area contributed by atoms with Gasteiger partial charge in [0.05, 0.1) is 11.2 Å². The quantitative estimate of drug-likeness (QED) is 0.849. The highest BCUT2D eigenvalue weighted by atomic mass is 16.1. The fourth-order valence-electron chi connectivity index (χ4n) is 2.50. The molecule has 0 saturated carbocycles. The fraction of sp³-hybridized carbons (Fsp3) is 0.235. The number of para-hydroxylation sites is 1. The van der Waals surface area contributed by atoms with E-state index >= 15 is 0 Å². The predicted molar refractivity (Wildman–Crippen MR) is 91.1 cm³/mol. The first kappa shape index (κ1) is 15.0. The standard InChI is InChI=1S/C17H19N5O/c1-13-8-6-7-11-17(13,2)22-12-18-15(19-16(22)23)21-20-14-9-4-3-5-10-14/h3-13,20H,1-2H3,(H,19,21,23). The van der Waals surface area contributed by atoms with Crippen LogP contribution in [-0.4, -0.2) is 14.5 Å². The zero-order chi connectivity index (χ0) is 16.3. The van der Waals surface area contributed by atoms with E-state index in [2.05, 4.69) is 33.8 Å². The SMILES string of the molecule is CC1C=CC=CC1(C)n1cnc(NNc2ccccc2)nc1=O. The number of hydrazine groups is 1. The first-order chi connectivity index (χ1) is 11.1. The molecule has 1 heterocycles. The van der Waals surface area contributed by atoms with Gasteiger partial charge >= 0.3 is 5.69 Å². The zero-order valence-corrected chi connectivity index (χ0v) is 13.1. The van der Waals surface area contributed by atoms with Crippen molar-refractivity contribution in [3.05, 3.63) is 71.4 Å². The average molecular weight is 309 g/mol. The molecule has 6 heteroatoms. The third kappa shape index (κ3) is 3.01. The number of benzene rings is 1. The van der Waals surface area contributed by atoms with Gasteiger partial charge in [-0.1, -0.05) is 49.4 Å². The minimum Gasteiger partial charge on any atom is -0.298 e. The van der Waals surface area contributed by atoms with E-state index in [0.717, 1.165) is 5.69 Å². The second kappa shape index (κ2) is 6.08. The highest BCUT2D eigenvalue weighted by Gasteiger charge is 2.31. The van der Waals surface area contributed by atoms with Gasteiger partial charge in [0.25, 0.3) is 0 Å². The van der Waals surface area contributed by atoms with Gasteiger partial charge in [0, 0.05) is 5.92 Å². The summed E-state index contributed by atoms with van der Waals surface area (Å²) in [5.74, 6) is 0.414. The maximum atomic E-state index is 12.4. The van der Waals surface area contributed by atoms with E-state index in [0.29, 0.717) is 0 Å². The van der Waals surface area contributed by atoms with Crippen molar-refractivity contribution in [2.45, 2.75) is 19.4 Å². The Balaban J connectivity index is 1.80. The van der Waals surface area contributed by atoms with Gasteiger partial charge < -0.3 is 0 Å². The number of nitrogens with one attached hydrogen (secondary N) is 2. The molecule has 23 heavy (non-hydrogen) atoms. The Hall–Kier alpha value is -2.89. The van der Waals surface area contributed by atoms with Crippen molar-refractivity contribution in [1.82, 2.24) is 14.5 Å². The number of hydrogen-bond donors (Lipinski definition) is 2. The maximum absolute atomic E-state index is 12.4. The van der Waals surface area contributed by atoms with Crippen LogP contribution in [0.4, 0.5) is 11.6 Å². The van der Waals surface area contributed by atoms with Crippen LogP contribution in [0.1, 0.15) is 13.8 Å². The molecule has 0 amide bonds. The molecule has 0 saturated heterocycles. The Kier molecular flexibility index (Phi) is 3.97. The van der Waals surface area contributed by atoms with Crippen molar-refractivity contribution in [2.75, 3.05) is 10.9 Å². The largest absolute Gasteiger partial charge is 0.352 e. The molecule has 1 aromatic carbocycles. The van der Waals surface area contributed by atoms with Gasteiger partial charge in [-0.2, -0.15) is 4.98 Å². The van der Waals surface area contributed by atoms with E-state index in [1.165, 1.54) is 6.33 Å². The summed E-state index contributed by atoms with van der Waals surface area (Å²) < 4.78 is 1.56. The molecule has 2 unspecified atom stereocenters. The van der Waals surface area contributed by atoms with Crippen LogP contribution in [0.25, 0.3) is 0 Å². The monoisotopic (exact) mass is 309 g/mol. The third-order valence-corrected chi connectivity index (χ3v) is 4.18. The van der Waals surface area contributed by atoms with Crippen molar-refractivity contribution in [3.8, 4) is 0 Å². The summed E-state index contributed by atoms with van der Waals surface area (Å²) in [7, 11) is 0. The Morgan fingerprint density at radius 3 is 2.65 bits per heavy atom. The molecule has 2 aromatic rings. The molecule has 3 rings (SSSR count). The van der Waals surface area contributed by atoms with Gasteiger partial charge in [0.1, 0.15) is 6.33 Å². The summed E-state index contributed by atoms with van der Waals surface area (Å²) in [6.07, 6.45) is 9.52. The summed E-state index contributed by atoms with van der Waals surface area (Å²) in [4.78, 5) is 20.6. The maximum Gasteiger partial charge on any atom is 0.352 e. The van der Waals surface area contributed by atoms with E-state index < -0.39 is 5.54 Å². The molecule has 118 valence electrons. The summed E-state index contributed by atoms with van der Waals surface area (Å²) >= 11 is 0. The highest BCUT2D eigenvalue weighted by molar-refractivity contribution is 5.46. The van der Waals surface area contributed by atoms with Crippen molar-refractivity contribution >= 4 is 11.6 Å². The lowest BCUT2D eigenvalue weighted by Crippen LogP contribution is -2.43. The minimum atomic E-state index is -0.461. The van der Waals surface area contributed by atoms with Crippen molar-refractivity contribution in [3.63, 3.8) is 0 Å². The van der Waals surface area contributed by atoms with E-state index in [4.69, 9.17) is 0 Å². The van der Waals surface area contributed by atoms with Crippen LogP contribution in [-0.2, 0) is 5.54 Å². The molecule has 0 bridgehead atoms. The summed E-state index contributed by atoms with van der Waals surface area (Å²) in [5, 5.41) is 0. The van der Waals surface area contributed by atoms with E-state index in [-0.39, 0.29) is 17.6 Å². The first-order valence-electron chi connectivity index (χ1n) is 7.49. The lowest BCUT2D eigenvalue weighted by molar-refractivity contribution is 0.302. The van der Waals surface area contributed by atoms with Gasteiger partial charge in [0.15, 0.2) is 0 Å². The number of nitrogens with zero attached hydrogens (tertiary/aromatic N) is 3. The highest BCUT2D eigenvalue weighted by Crippen LogP contribution is 2.29. The van der Waals surface area contributed by atoms with Crippen LogP contribution >= 0.6 is 0 Å². The van der Waals surface area contributed by atoms with Crippen LogP contribution in [0.3, 0.4) is 0 Å². The smallest absolute Gasteiger partial charge is 0.298 e. The van der Waals surface area contributed by atoms with Crippen molar-refractivity contribution < 1.29 is 0 Å². The zero-order valence-electron chi connectivity index (χ0n) is 13.1. The average Bonchev–Trinajstić information content (AvgIpc) is 2.57. The van der Waals surface area contributed by atoms with E-state index in [9.17, 15) is 4.79 Å². The van der Waals surface area contributed by atoms with Crippen LogP contribution < -0.4 is 16.5 Å². The molecule has 0 aliphatic heterocycles. The Bertz CT molecular complexity index is 796. The van der Waals surface area contributed by atoms with Gasteiger partial charge in [-0.3, -0.25) is 15.4 Å². The van der Waals surface area contributed by atoms with Crippen molar-refractivity contribution in [2.24, 2.45) is 5.92 Å². The summed E-state index contributed by atoms with van der Waals surface area (Å²) in [6, 6.07) is 9.55.